The lowest BCUT2D eigenvalue weighted by Gasteiger charge is -2.01. The van der Waals surface area contributed by atoms with E-state index in [9.17, 15) is 4.79 Å². The number of thioether (sulfide) groups is 1. The van der Waals surface area contributed by atoms with Crippen LogP contribution in [0.4, 0.5) is 4.79 Å². The van der Waals surface area contributed by atoms with Crippen LogP contribution in [0.1, 0.15) is 26.1 Å². The van der Waals surface area contributed by atoms with Crippen LogP contribution in [0.5, 0.6) is 5.88 Å². The summed E-state index contributed by atoms with van der Waals surface area (Å²) in [6.45, 7) is 4.09. The molecule has 16 heavy (non-hydrogen) atoms. The minimum atomic E-state index is -0.704. The fourth-order valence-electron chi connectivity index (χ4n) is 1.18. The van der Waals surface area contributed by atoms with Gasteiger partial charge in [-0.2, -0.15) is 0 Å². The third kappa shape index (κ3) is 3.44. The Kier molecular flexibility index (Phi) is 5.18. The highest BCUT2D eigenvalue weighted by Gasteiger charge is 2.14. The van der Waals surface area contributed by atoms with Crippen LogP contribution in [-0.2, 0) is 11.2 Å². The molecule has 0 bridgehead atoms. The molecule has 0 unspecified atom stereocenters. The van der Waals surface area contributed by atoms with E-state index in [-0.39, 0.29) is 0 Å². The Hall–Kier alpha value is -1.17. The largest absolute Gasteiger partial charge is 0.515 e. The van der Waals surface area contributed by atoms with Crippen LogP contribution in [0.3, 0.4) is 0 Å². The number of carbonyl (C=O) groups is 1. The molecule has 0 spiro atoms. The Morgan fingerprint density at radius 1 is 1.50 bits per heavy atom. The highest BCUT2D eigenvalue weighted by Crippen LogP contribution is 2.25. The number of hydrogen-bond donors (Lipinski definition) is 1. The lowest BCUT2D eigenvalue weighted by Crippen LogP contribution is -2.10. The Labute approximate surface area is 98.9 Å². The Morgan fingerprint density at radius 3 is 2.81 bits per heavy atom. The van der Waals surface area contributed by atoms with E-state index in [0.29, 0.717) is 17.5 Å². The molecule has 0 amide bonds. The zero-order chi connectivity index (χ0) is 12.0. The molecule has 1 heterocycles. The van der Waals surface area contributed by atoms with Gasteiger partial charge in [0.05, 0.1) is 6.61 Å². The van der Waals surface area contributed by atoms with Gasteiger partial charge in [-0.15, -0.1) is 11.8 Å². The molecule has 0 aliphatic carbocycles. The second-order valence-electron chi connectivity index (χ2n) is 3.06. The van der Waals surface area contributed by atoms with E-state index in [1.54, 1.807) is 6.92 Å². The second kappa shape index (κ2) is 6.42. The average Bonchev–Trinajstić information content (AvgIpc) is 2.61. The van der Waals surface area contributed by atoms with Crippen LogP contribution in [0.25, 0.3) is 0 Å². The van der Waals surface area contributed by atoms with Gasteiger partial charge >= 0.3 is 6.16 Å². The van der Waals surface area contributed by atoms with Gasteiger partial charge in [0, 0.05) is 6.42 Å². The standard InChI is InChI=1S/C10H16N2O3S/c1-4-6-7-11-8(9(12-7)16-3)15-10(13)14-5-2/h4-6H2,1-3H3,(H,11,12). The molecule has 0 aliphatic rings. The predicted molar refractivity (Wildman–Crippen MR) is 62.0 cm³/mol. The average molecular weight is 244 g/mol. The molecular formula is C10H16N2O3S. The van der Waals surface area contributed by atoms with E-state index < -0.39 is 6.16 Å². The minimum absolute atomic E-state index is 0.295. The van der Waals surface area contributed by atoms with Crippen molar-refractivity contribution in [2.45, 2.75) is 31.7 Å². The van der Waals surface area contributed by atoms with Crippen molar-refractivity contribution in [1.29, 1.82) is 0 Å². The molecule has 90 valence electrons. The number of H-pyrrole nitrogens is 1. The van der Waals surface area contributed by atoms with Gasteiger partial charge < -0.3 is 14.5 Å². The summed E-state index contributed by atoms with van der Waals surface area (Å²) in [7, 11) is 0. The summed E-state index contributed by atoms with van der Waals surface area (Å²) in [6, 6.07) is 0. The summed E-state index contributed by atoms with van der Waals surface area (Å²) >= 11 is 1.43. The summed E-state index contributed by atoms with van der Waals surface area (Å²) in [5.74, 6) is 1.19. The number of carbonyl (C=O) groups excluding carboxylic acids is 1. The molecule has 1 aromatic rings. The molecule has 5 nitrogen and oxygen atoms in total. The van der Waals surface area contributed by atoms with Crippen molar-refractivity contribution in [2.75, 3.05) is 12.9 Å². The third-order valence-electron chi connectivity index (χ3n) is 1.82. The molecule has 1 aromatic heterocycles. The highest BCUT2D eigenvalue weighted by atomic mass is 32.2. The van der Waals surface area contributed by atoms with Gasteiger partial charge in [0.25, 0.3) is 0 Å². The van der Waals surface area contributed by atoms with Crippen LogP contribution < -0.4 is 4.74 Å². The number of imidazole rings is 1. The maximum atomic E-state index is 11.1. The summed E-state index contributed by atoms with van der Waals surface area (Å²) in [6.07, 6.45) is 2.99. The van der Waals surface area contributed by atoms with Gasteiger partial charge in [-0.1, -0.05) is 6.92 Å². The number of aromatic nitrogens is 2. The molecule has 0 fully saturated rings. The lowest BCUT2D eigenvalue weighted by atomic mass is 10.3. The monoisotopic (exact) mass is 244 g/mol. The van der Waals surface area contributed by atoms with Crippen molar-refractivity contribution in [2.24, 2.45) is 0 Å². The van der Waals surface area contributed by atoms with Crippen LogP contribution in [0.15, 0.2) is 5.03 Å². The normalized spacial score (nSPS) is 10.2. The van der Waals surface area contributed by atoms with Crippen molar-refractivity contribution < 1.29 is 14.3 Å². The van der Waals surface area contributed by atoms with Gasteiger partial charge in [0.2, 0.25) is 5.88 Å². The number of nitrogens with one attached hydrogen (secondary N) is 1. The third-order valence-corrected chi connectivity index (χ3v) is 2.48. The number of ether oxygens (including phenoxy) is 2. The molecule has 0 saturated heterocycles. The lowest BCUT2D eigenvalue weighted by molar-refractivity contribution is 0.102. The molecule has 0 atom stereocenters. The second-order valence-corrected chi connectivity index (χ2v) is 3.85. The van der Waals surface area contributed by atoms with Crippen molar-refractivity contribution in [1.82, 2.24) is 9.97 Å². The van der Waals surface area contributed by atoms with E-state index >= 15 is 0 Å². The fourth-order valence-corrected chi connectivity index (χ4v) is 1.66. The van der Waals surface area contributed by atoms with E-state index in [4.69, 9.17) is 9.47 Å². The van der Waals surface area contributed by atoms with E-state index in [2.05, 4.69) is 16.9 Å². The summed E-state index contributed by atoms with van der Waals surface area (Å²) in [5.41, 5.74) is 0. The quantitative estimate of drug-likeness (QED) is 0.637. The van der Waals surface area contributed by atoms with Gasteiger partial charge in [-0.25, -0.2) is 9.78 Å². The van der Waals surface area contributed by atoms with E-state index in [1.807, 2.05) is 6.26 Å². The molecule has 1 N–H and O–H groups in total. The Balaban J connectivity index is 2.73. The number of rotatable bonds is 5. The van der Waals surface area contributed by atoms with Gasteiger partial charge in [0.1, 0.15) is 5.82 Å². The van der Waals surface area contributed by atoms with Crippen LogP contribution in [0, 0.1) is 0 Å². The van der Waals surface area contributed by atoms with Gasteiger partial charge in [0.15, 0.2) is 5.03 Å². The molecule has 0 aromatic carbocycles. The molecule has 0 radical (unpaired) electrons. The zero-order valence-corrected chi connectivity index (χ0v) is 10.5. The first kappa shape index (κ1) is 12.9. The number of nitrogens with zero attached hydrogens (tertiary/aromatic N) is 1. The van der Waals surface area contributed by atoms with Gasteiger partial charge in [-0.3, -0.25) is 0 Å². The topological polar surface area (TPSA) is 64.2 Å². The summed E-state index contributed by atoms with van der Waals surface area (Å²) < 4.78 is 9.70. The van der Waals surface area contributed by atoms with Crippen LogP contribution in [-0.4, -0.2) is 29.0 Å². The van der Waals surface area contributed by atoms with Crippen molar-refractivity contribution in [3.05, 3.63) is 5.82 Å². The van der Waals surface area contributed by atoms with Crippen molar-refractivity contribution in [3.8, 4) is 5.88 Å². The first-order valence-electron chi connectivity index (χ1n) is 5.18. The Morgan fingerprint density at radius 2 is 2.25 bits per heavy atom. The summed E-state index contributed by atoms with van der Waals surface area (Å²) in [4.78, 5) is 18.4. The number of aryl methyl sites for hydroxylation is 1. The van der Waals surface area contributed by atoms with Gasteiger partial charge in [-0.05, 0) is 19.6 Å². The molecule has 0 aliphatic heterocycles. The van der Waals surface area contributed by atoms with E-state index in [1.165, 1.54) is 11.8 Å². The van der Waals surface area contributed by atoms with Crippen LogP contribution >= 0.6 is 11.8 Å². The van der Waals surface area contributed by atoms with E-state index in [0.717, 1.165) is 18.7 Å². The number of aromatic amines is 1. The first-order valence-corrected chi connectivity index (χ1v) is 6.41. The van der Waals surface area contributed by atoms with Crippen LogP contribution in [0.2, 0.25) is 0 Å². The minimum Gasteiger partial charge on any atom is -0.434 e. The zero-order valence-electron chi connectivity index (χ0n) is 9.70. The molecule has 6 heteroatoms. The van der Waals surface area contributed by atoms with Crippen molar-refractivity contribution in [3.63, 3.8) is 0 Å². The highest BCUT2D eigenvalue weighted by molar-refractivity contribution is 7.98. The van der Waals surface area contributed by atoms with Crippen molar-refractivity contribution >= 4 is 17.9 Å². The SMILES string of the molecule is CCCc1nc(SC)c(OC(=O)OCC)[nH]1. The maximum absolute atomic E-state index is 11.1. The Bertz CT molecular complexity index is 352. The summed E-state index contributed by atoms with van der Waals surface area (Å²) in [5, 5.41) is 0.677. The molecule has 0 saturated carbocycles. The maximum Gasteiger partial charge on any atom is 0.515 e. The molecular weight excluding hydrogens is 228 g/mol. The fraction of sp³-hybridized carbons (Fsp3) is 0.600. The smallest absolute Gasteiger partial charge is 0.434 e. The molecule has 1 rings (SSSR count). The number of hydrogen-bond acceptors (Lipinski definition) is 5. The first-order chi connectivity index (χ1) is 7.71. The predicted octanol–water partition coefficient (Wildman–Crippen LogP) is 2.62.